The molecular formula is C16H27NO2S. The van der Waals surface area contributed by atoms with Crippen LogP contribution in [-0.4, -0.2) is 26.8 Å². The van der Waals surface area contributed by atoms with Gasteiger partial charge in [0.2, 0.25) is 0 Å². The van der Waals surface area contributed by atoms with Crippen LogP contribution < -0.4 is 5.32 Å². The Morgan fingerprint density at radius 2 is 1.85 bits per heavy atom. The van der Waals surface area contributed by atoms with E-state index in [2.05, 4.69) is 19.2 Å². The lowest BCUT2D eigenvalue weighted by molar-refractivity contribution is 0.494. The van der Waals surface area contributed by atoms with Crippen molar-refractivity contribution in [2.75, 3.05) is 12.3 Å². The molecule has 1 unspecified atom stereocenters. The van der Waals surface area contributed by atoms with Crippen LogP contribution in [0.25, 0.3) is 0 Å². The number of rotatable bonds is 10. The van der Waals surface area contributed by atoms with E-state index in [0.717, 1.165) is 37.8 Å². The quantitative estimate of drug-likeness (QED) is 0.675. The molecule has 1 atom stereocenters. The van der Waals surface area contributed by atoms with Crippen molar-refractivity contribution in [3.63, 3.8) is 0 Å². The van der Waals surface area contributed by atoms with Crippen molar-refractivity contribution in [3.05, 3.63) is 35.9 Å². The van der Waals surface area contributed by atoms with Crippen molar-refractivity contribution in [2.24, 2.45) is 0 Å². The maximum absolute atomic E-state index is 12.0. The molecule has 4 heteroatoms. The van der Waals surface area contributed by atoms with E-state index in [-0.39, 0.29) is 5.75 Å². The molecule has 0 aliphatic rings. The van der Waals surface area contributed by atoms with Gasteiger partial charge in [-0.15, -0.1) is 0 Å². The number of hydrogen-bond donors (Lipinski definition) is 1. The highest BCUT2D eigenvalue weighted by atomic mass is 32.2. The third-order valence-corrected chi connectivity index (χ3v) is 5.00. The Hall–Kier alpha value is -0.870. The van der Waals surface area contributed by atoms with Gasteiger partial charge in [-0.3, -0.25) is 0 Å². The third kappa shape index (κ3) is 7.65. The second-order valence-electron chi connectivity index (χ2n) is 5.43. The fraction of sp³-hybridized carbons (Fsp3) is 0.625. The van der Waals surface area contributed by atoms with Gasteiger partial charge >= 0.3 is 0 Å². The predicted octanol–water partition coefficient (Wildman–Crippen LogP) is 3.16. The molecule has 20 heavy (non-hydrogen) atoms. The minimum Gasteiger partial charge on any atom is -0.314 e. The Kier molecular flexibility index (Phi) is 7.85. The van der Waals surface area contributed by atoms with Gasteiger partial charge in [-0.1, -0.05) is 43.7 Å². The summed E-state index contributed by atoms with van der Waals surface area (Å²) in [5.41, 5.74) is 0.880. The van der Waals surface area contributed by atoms with Crippen LogP contribution in [0.15, 0.2) is 30.3 Å². The van der Waals surface area contributed by atoms with Crippen LogP contribution in [0, 0.1) is 0 Å². The molecule has 0 saturated heterocycles. The van der Waals surface area contributed by atoms with Crippen LogP contribution in [0.3, 0.4) is 0 Å². The molecule has 114 valence electrons. The summed E-state index contributed by atoms with van der Waals surface area (Å²) in [4.78, 5) is 0. The van der Waals surface area contributed by atoms with Crippen molar-refractivity contribution in [2.45, 2.75) is 51.3 Å². The van der Waals surface area contributed by atoms with E-state index in [9.17, 15) is 8.42 Å². The molecule has 1 aromatic carbocycles. The smallest absolute Gasteiger partial charge is 0.154 e. The lowest BCUT2D eigenvalue weighted by Crippen LogP contribution is -2.26. The number of benzene rings is 1. The van der Waals surface area contributed by atoms with E-state index >= 15 is 0 Å². The zero-order valence-corrected chi connectivity index (χ0v) is 13.5. The maximum Gasteiger partial charge on any atom is 0.154 e. The SMILES string of the molecule is CCCNC(C)CCCCS(=O)(=O)Cc1ccccc1. The first-order chi connectivity index (χ1) is 9.53. The molecule has 0 aromatic heterocycles. The summed E-state index contributed by atoms with van der Waals surface area (Å²) in [5.74, 6) is 0.458. The molecule has 1 rings (SSSR count). The summed E-state index contributed by atoms with van der Waals surface area (Å²) in [7, 11) is -2.97. The average molecular weight is 297 g/mol. The van der Waals surface area contributed by atoms with Gasteiger partial charge in [0.1, 0.15) is 0 Å². The summed E-state index contributed by atoms with van der Waals surface area (Å²) >= 11 is 0. The van der Waals surface area contributed by atoms with Crippen LogP contribution in [0.5, 0.6) is 0 Å². The van der Waals surface area contributed by atoms with E-state index in [4.69, 9.17) is 0 Å². The molecule has 0 heterocycles. The van der Waals surface area contributed by atoms with Gasteiger partial charge in [-0.05, 0) is 38.3 Å². The van der Waals surface area contributed by atoms with Gasteiger partial charge in [-0.25, -0.2) is 8.42 Å². The minimum atomic E-state index is -2.97. The van der Waals surface area contributed by atoms with Gasteiger partial charge < -0.3 is 5.32 Å². The van der Waals surface area contributed by atoms with Gasteiger partial charge in [0.05, 0.1) is 11.5 Å². The molecule has 0 fully saturated rings. The average Bonchev–Trinajstić information content (AvgIpc) is 2.42. The highest BCUT2D eigenvalue weighted by Crippen LogP contribution is 2.09. The van der Waals surface area contributed by atoms with Crippen LogP contribution in [0.2, 0.25) is 0 Å². The second kappa shape index (κ2) is 9.14. The summed E-state index contributed by atoms with van der Waals surface area (Å²) in [6.45, 7) is 5.34. The molecule has 0 spiro atoms. The van der Waals surface area contributed by atoms with Crippen molar-refractivity contribution in [1.29, 1.82) is 0 Å². The lowest BCUT2D eigenvalue weighted by Gasteiger charge is -2.12. The summed E-state index contributed by atoms with van der Waals surface area (Å²) in [6, 6.07) is 9.88. The van der Waals surface area contributed by atoms with E-state index in [1.54, 1.807) is 0 Å². The molecule has 0 radical (unpaired) electrons. The van der Waals surface area contributed by atoms with Gasteiger partial charge in [0.25, 0.3) is 0 Å². The molecule has 1 N–H and O–H groups in total. The number of sulfone groups is 1. The van der Waals surface area contributed by atoms with Crippen molar-refractivity contribution < 1.29 is 8.42 Å². The topological polar surface area (TPSA) is 46.2 Å². The van der Waals surface area contributed by atoms with E-state index < -0.39 is 9.84 Å². The molecule has 3 nitrogen and oxygen atoms in total. The number of unbranched alkanes of at least 4 members (excludes halogenated alkanes) is 1. The number of nitrogens with one attached hydrogen (secondary N) is 1. The Morgan fingerprint density at radius 3 is 2.50 bits per heavy atom. The van der Waals surface area contributed by atoms with Gasteiger partial charge in [0, 0.05) is 6.04 Å². The lowest BCUT2D eigenvalue weighted by atomic mass is 10.1. The van der Waals surface area contributed by atoms with Crippen LogP contribution >= 0.6 is 0 Å². The first-order valence-electron chi connectivity index (χ1n) is 7.51. The minimum absolute atomic E-state index is 0.164. The van der Waals surface area contributed by atoms with Crippen molar-refractivity contribution in [3.8, 4) is 0 Å². The Balaban J connectivity index is 2.23. The van der Waals surface area contributed by atoms with E-state index in [1.807, 2.05) is 30.3 Å². The largest absolute Gasteiger partial charge is 0.314 e. The molecular weight excluding hydrogens is 270 g/mol. The molecule has 0 bridgehead atoms. The van der Waals surface area contributed by atoms with Crippen LogP contribution in [0.1, 0.15) is 45.1 Å². The normalized spacial score (nSPS) is 13.3. The summed E-state index contributed by atoms with van der Waals surface area (Å²) in [5, 5.41) is 3.42. The first-order valence-corrected chi connectivity index (χ1v) is 9.33. The highest BCUT2D eigenvalue weighted by Gasteiger charge is 2.11. The van der Waals surface area contributed by atoms with Crippen LogP contribution in [0.4, 0.5) is 0 Å². The Bertz CT molecular complexity index is 457. The van der Waals surface area contributed by atoms with Crippen molar-refractivity contribution in [1.82, 2.24) is 5.32 Å². The monoisotopic (exact) mass is 297 g/mol. The van der Waals surface area contributed by atoms with Crippen LogP contribution in [-0.2, 0) is 15.6 Å². The van der Waals surface area contributed by atoms with Gasteiger partial charge in [-0.2, -0.15) is 0 Å². The third-order valence-electron chi connectivity index (χ3n) is 3.31. The molecule has 1 aromatic rings. The second-order valence-corrected chi connectivity index (χ2v) is 7.61. The first kappa shape index (κ1) is 17.2. The van der Waals surface area contributed by atoms with Gasteiger partial charge in [0.15, 0.2) is 9.84 Å². The fourth-order valence-electron chi connectivity index (χ4n) is 2.17. The highest BCUT2D eigenvalue weighted by molar-refractivity contribution is 7.90. The zero-order chi connectivity index (χ0) is 14.8. The predicted molar refractivity (Wildman–Crippen MR) is 85.5 cm³/mol. The molecule has 0 aliphatic carbocycles. The summed E-state index contributed by atoms with van der Waals surface area (Å²) < 4.78 is 24.0. The molecule has 0 saturated carbocycles. The zero-order valence-electron chi connectivity index (χ0n) is 12.6. The summed E-state index contributed by atoms with van der Waals surface area (Å²) in [6.07, 6.45) is 3.90. The number of hydrogen-bond acceptors (Lipinski definition) is 3. The standard InChI is InChI=1S/C16H27NO2S/c1-3-12-17-15(2)9-7-8-13-20(18,19)14-16-10-5-4-6-11-16/h4-6,10-11,15,17H,3,7-9,12-14H2,1-2H3. The molecule has 0 amide bonds. The van der Waals surface area contributed by atoms with E-state index in [1.165, 1.54) is 0 Å². The van der Waals surface area contributed by atoms with E-state index in [0.29, 0.717) is 11.8 Å². The Morgan fingerprint density at radius 1 is 1.15 bits per heavy atom. The maximum atomic E-state index is 12.0. The fourth-order valence-corrected chi connectivity index (χ4v) is 3.65. The molecule has 0 aliphatic heterocycles. The van der Waals surface area contributed by atoms with Crippen molar-refractivity contribution >= 4 is 9.84 Å². The Labute approximate surface area is 123 Å².